The second kappa shape index (κ2) is 6.26. The summed E-state index contributed by atoms with van der Waals surface area (Å²) in [5.41, 5.74) is 0.477. The number of nitrogens with zero attached hydrogens (tertiary/aromatic N) is 1. The summed E-state index contributed by atoms with van der Waals surface area (Å²) in [5.74, 6) is 2.59. The summed E-state index contributed by atoms with van der Waals surface area (Å²) in [5, 5.41) is 13.9. The van der Waals surface area contributed by atoms with Crippen molar-refractivity contribution in [3.63, 3.8) is 0 Å². The van der Waals surface area contributed by atoms with E-state index in [9.17, 15) is 10.1 Å². The van der Waals surface area contributed by atoms with Crippen LogP contribution in [0.4, 0.5) is 11.4 Å². The molecule has 0 heterocycles. The highest BCUT2D eigenvalue weighted by Gasteiger charge is 2.16. The summed E-state index contributed by atoms with van der Waals surface area (Å²) in [7, 11) is 0. The Hall–Kier alpha value is -1.54. The van der Waals surface area contributed by atoms with Crippen molar-refractivity contribution < 1.29 is 4.92 Å². The number of hydrogen-bond acceptors (Lipinski definition) is 3. The summed E-state index contributed by atoms with van der Waals surface area (Å²) >= 11 is 3.21. The van der Waals surface area contributed by atoms with Gasteiger partial charge in [0.25, 0.3) is 5.69 Å². The van der Waals surface area contributed by atoms with E-state index in [0.717, 1.165) is 12.8 Å². The summed E-state index contributed by atoms with van der Waals surface area (Å²) < 4.78 is 0.669. The highest BCUT2D eigenvalue weighted by Crippen LogP contribution is 2.28. The summed E-state index contributed by atoms with van der Waals surface area (Å²) in [4.78, 5) is 10.5. The highest BCUT2D eigenvalue weighted by atomic mass is 79.9. The highest BCUT2D eigenvalue weighted by molar-refractivity contribution is 9.10. The zero-order chi connectivity index (χ0) is 12.8. The molecule has 0 spiro atoms. The van der Waals surface area contributed by atoms with Gasteiger partial charge in [-0.1, -0.05) is 35.2 Å². The van der Waals surface area contributed by atoms with Gasteiger partial charge >= 0.3 is 0 Å². The van der Waals surface area contributed by atoms with Crippen LogP contribution in [0, 0.1) is 22.5 Å². The maximum atomic E-state index is 10.9. The van der Waals surface area contributed by atoms with Gasteiger partial charge in [-0.05, 0) is 18.6 Å². The van der Waals surface area contributed by atoms with E-state index in [1.807, 2.05) is 6.92 Å². The molecule has 0 fully saturated rings. The molecule has 1 unspecified atom stereocenters. The number of hydrogen-bond donors (Lipinski definition) is 1. The van der Waals surface area contributed by atoms with Gasteiger partial charge in [-0.2, -0.15) is 0 Å². The van der Waals surface area contributed by atoms with Crippen molar-refractivity contribution in [3.05, 3.63) is 32.8 Å². The Bertz CT molecular complexity index is 454. The summed E-state index contributed by atoms with van der Waals surface area (Å²) in [6.45, 7) is 2.02. The lowest BCUT2D eigenvalue weighted by molar-refractivity contribution is -0.384. The lowest BCUT2D eigenvalue weighted by atomic mass is 10.1. The van der Waals surface area contributed by atoms with Crippen LogP contribution in [0.25, 0.3) is 0 Å². The smallest absolute Gasteiger partial charge is 0.293 e. The average molecular weight is 297 g/mol. The van der Waals surface area contributed by atoms with E-state index in [4.69, 9.17) is 6.42 Å². The number of nitro benzene ring substituents is 1. The van der Waals surface area contributed by atoms with Crippen molar-refractivity contribution in [2.24, 2.45) is 0 Å². The van der Waals surface area contributed by atoms with Gasteiger partial charge in [-0.15, -0.1) is 6.42 Å². The first kappa shape index (κ1) is 13.5. The molecule has 1 atom stereocenters. The van der Waals surface area contributed by atoms with Crippen LogP contribution in [0.2, 0.25) is 0 Å². The molecule has 0 aliphatic carbocycles. The van der Waals surface area contributed by atoms with E-state index in [1.165, 1.54) is 6.07 Å². The standard InChI is InChI=1S/C12H13BrN2O2/c1-3-5-10(4-2)14-11-7-6-9(13)8-12(11)15(16)17/h2,6-8,10,14H,3,5H2,1H3. The van der Waals surface area contributed by atoms with E-state index in [-0.39, 0.29) is 11.7 Å². The maximum Gasteiger partial charge on any atom is 0.293 e. The van der Waals surface area contributed by atoms with Gasteiger partial charge in [0.15, 0.2) is 0 Å². The first-order chi connectivity index (χ1) is 8.08. The van der Waals surface area contributed by atoms with Crippen LogP contribution < -0.4 is 5.32 Å². The Balaban J connectivity index is 2.98. The number of terminal acetylenes is 1. The molecule has 17 heavy (non-hydrogen) atoms. The van der Waals surface area contributed by atoms with Crippen molar-refractivity contribution in [3.8, 4) is 12.3 Å². The molecule has 1 aromatic carbocycles. The molecular formula is C12H13BrN2O2. The third kappa shape index (κ3) is 3.75. The van der Waals surface area contributed by atoms with Crippen LogP contribution in [0.3, 0.4) is 0 Å². The van der Waals surface area contributed by atoms with Crippen LogP contribution in [-0.4, -0.2) is 11.0 Å². The number of nitrogens with one attached hydrogen (secondary N) is 1. The molecule has 1 N–H and O–H groups in total. The van der Waals surface area contributed by atoms with Crippen molar-refractivity contribution in [1.82, 2.24) is 0 Å². The number of benzene rings is 1. The fourth-order valence-electron chi connectivity index (χ4n) is 1.45. The first-order valence-electron chi connectivity index (χ1n) is 5.25. The maximum absolute atomic E-state index is 10.9. The third-order valence-electron chi connectivity index (χ3n) is 2.26. The number of anilines is 1. The van der Waals surface area contributed by atoms with Crippen LogP contribution in [-0.2, 0) is 0 Å². The van der Waals surface area contributed by atoms with Crippen molar-refractivity contribution >= 4 is 27.3 Å². The first-order valence-corrected chi connectivity index (χ1v) is 6.04. The fourth-order valence-corrected chi connectivity index (χ4v) is 1.80. The molecule has 0 radical (unpaired) electrons. The number of halogens is 1. The molecule has 0 bridgehead atoms. The minimum atomic E-state index is -0.424. The van der Waals surface area contributed by atoms with Gasteiger partial charge in [0.1, 0.15) is 5.69 Å². The molecule has 0 aliphatic heterocycles. The van der Waals surface area contributed by atoms with E-state index < -0.39 is 4.92 Å². The number of rotatable bonds is 5. The Labute approximate surface area is 109 Å². The largest absolute Gasteiger partial charge is 0.366 e. The minimum absolute atomic E-state index is 0.0238. The van der Waals surface area contributed by atoms with Crippen LogP contribution in [0.5, 0.6) is 0 Å². The van der Waals surface area contributed by atoms with Gasteiger partial charge in [-0.25, -0.2) is 0 Å². The van der Waals surface area contributed by atoms with Gasteiger partial charge in [-0.3, -0.25) is 10.1 Å². The van der Waals surface area contributed by atoms with E-state index in [1.54, 1.807) is 12.1 Å². The molecule has 90 valence electrons. The molecule has 5 heteroatoms. The molecule has 1 aromatic rings. The van der Waals surface area contributed by atoms with Crippen molar-refractivity contribution in [2.45, 2.75) is 25.8 Å². The molecule has 0 saturated carbocycles. The normalized spacial score (nSPS) is 11.6. The lowest BCUT2D eigenvalue weighted by Crippen LogP contribution is -2.17. The zero-order valence-corrected chi connectivity index (χ0v) is 11.0. The molecule has 1 rings (SSSR count). The fraction of sp³-hybridized carbons (Fsp3) is 0.333. The quantitative estimate of drug-likeness (QED) is 0.513. The topological polar surface area (TPSA) is 55.2 Å². The monoisotopic (exact) mass is 296 g/mol. The van der Waals surface area contributed by atoms with E-state index in [0.29, 0.717) is 10.2 Å². The second-order valence-electron chi connectivity index (χ2n) is 3.57. The second-order valence-corrected chi connectivity index (χ2v) is 4.49. The SMILES string of the molecule is C#CC(CCC)Nc1ccc(Br)cc1[N+](=O)[O-]. The Kier molecular flexibility index (Phi) is 4.98. The predicted molar refractivity (Wildman–Crippen MR) is 71.9 cm³/mol. The van der Waals surface area contributed by atoms with Crippen LogP contribution in [0.15, 0.2) is 22.7 Å². The summed E-state index contributed by atoms with van der Waals surface area (Å²) in [6.07, 6.45) is 7.08. The molecule has 0 saturated heterocycles. The van der Waals surface area contributed by atoms with Gasteiger partial charge < -0.3 is 5.32 Å². The van der Waals surface area contributed by atoms with Gasteiger partial charge in [0.2, 0.25) is 0 Å². The zero-order valence-electron chi connectivity index (χ0n) is 9.44. The molecule has 0 aromatic heterocycles. The molecule has 0 aliphatic rings. The lowest BCUT2D eigenvalue weighted by Gasteiger charge is -2.13. The minimum Gasteiger partial charge on any atom is -0.366 e. The van der Waals surface area contributed by atoms with Crippen molar-refractivity contribution in [2.75, 3.05) is 5.32 Å². The Morgan fingerprint density at radius 3 is 2.88 bits per heavy atom. The van der Waals surface area contributed by atoms with E-state index in [2.05, 4.69) is 27.2 Å². The van der Waals surface area contributed by atoms with Crippen LogP contribution in [0.1, 0.15) is 19.8 Å². The van der Waals surface area contributed by atoms with E-state index >= 15 is 0 Å². The molecule has 4 nitrogen and oxygen atoms in total. The van der Waals surface area contributed by atoms with Crippen molar-refractivity contribution in [1.29, 1.82) is 0 Å². The van der Waals surface area contributed by atoms with Crippen LogP contribution >= 0.6 is 15.9 Å². The Morgan fingerprint density at radius 2 is 2.35 bits per heavy atom. The predicted octanol–water partition coefficient (Wildman–Crippen LogP) is 3.57. The number of nitro groups is 1. The molecule has 0 amide bonds. The van der Waals surface area contributed by atoms with Gasteiger partial charge in [0.05, 0.1) is 11.0 Å². The molecular weight excluding hydrogens is 284 g/mol. The average Bonchev–Trinajstić information content (AvgIpc) is 2.30. The summed E-state index contributed by atoms with van der Waals surface area (Å²) in [6, 6.07) is 4.68. The van der Waals surface area contributed by atoms with Gasteiger partial charge in [0, 0.05) is 10.5 Å². The third-order valence-corrected chi connectivity index (χ3v) is 2.76. The Morgan fingerprint density at radius 1 is 1.65 bits per heavy atom.